The fourth-order valence-electron chi connectivity index (χ4n) is 1.81. The largest absolute Gasteiger partial charge is 0.454 e. The van der Waals surface area contributed by atoms with Crippen molar-refractivity contribution in [2.45, 2.75) is 0 Å². The van der Waals surface area contributed by atoms with Gasteiger partial charge in [-0.3, -0.25) is 9.78 Å². The molecule has 5 heteroatoms. The van der Waals surface area contributed by atoms with Crippen molar-refractivity contribution in [2.75, 3.05) is 12.1 Å². The van der Waals surface area contributed by atoms with Gasteiger partial charge in [0.05, 0.1) is 11.9 Å². The molecule has 1 aromatic carbocycles. The summed E-state index contributed by atoms with van der Waals surface area (Å²) < 4.78 is 10.5. The zero-order valence-corrected chi connectivity index (χ0v) is 10.6. The number of anilines is 1. The van der Waals surface area contributed by atoms with E-state index in [4.69, 9.17) is 9.47 Å². The average molecular weight is 268 g/mol. The number of benzene rings is 1. The van der Waals surface area contributed by atoms with Crippen molar-refractivity contribution in [3.8, 4) is 11.5 Å². The van der Waals surface area contributed by atoms with Crippen LogP contribution in [0.4, 0.5) is 5.69 Å². The molecule has 1 aliphatic rings. The monoisotopic (exact) mass is 268 g/mol. The summed E-state index contributed by atoms with van der Waals surface area (Å²) in [6.07, 6.45) is 6.42. The van der Waals surface area contributed by atoms with Crippen molar-refractivity contribution in [3.05, 3.63) is 54.4 Å². The van der Waals surface area contributed by atoms with E-state index in [0.717, 1.165) is 11.3 Å². The molecule has 0 aliphatic carbocycles. The first-order valence-electron chi connectivity index (χ1n) is 6.10. The Hall–Kier alpha value is -2.82. The molecule has 3 rings (SSSR count). The lowest BCUT2D eigenvalue weighted by Crippen LogP contribution is -2.07. The average Bonchev–Trinajstić information content (AvgIpc) is 2.93. The molecule has 1 amide bonds. The van der Waals surface area contributed by atoms with Gasteiger partial charge in [0, 0.05) is 12.3 Å². The lowest BCUT2D eigenvalue weighted by atomic mass is 10.2. The quantitative estimate of drug-likeness (QED) is 0.869. The molecular weight excluding hydrogens is 256 g/mol. The predicted octanol–water partition coefficient (Wildman–Crippen LogP) is 2.46. The van der Waals surface area contributed by atoms with Crippen LogP contribution in [0.2, 0.25) is 0 Å². The SMILES string of the molecule is O=C(C=Cc1ccc2c(c1)OCO2)Nc1cccnc1. The molecule has 0 atom stereocenters. The zero-order valence-electron chi connectivity index (χ0n) is 10.6. The van der Waals surface area contributed by atoms with E-state index in [0.29, 0.717) is 11.4 Å². The molecule has 2 aromatic rings. The molecule has 1 aromatic heterocycles. The number of carbonyl (C=O) groups is 1. The Morgan fingerprint density at radius 1 is 1.25 bits per heavy atom. The number of hydrogen-bond acceptors (Lipinski definition) is 4. The summed E-state index contributed by atoms with van der Waals surface area (Å²) in [5, 5.41) is 2.72. The summed E-state index contributed by atoms with van der Waals surface area (Å²) in [5.74, 6) is 1.21. The Balaban J connectivity index is 1.66. The van der Waals surface area contributed by atoms with Gasteiger partial charge in [0.25, 0.3) is 0 Å². The number of rotatable bonds is 3. The first-order valence-corrected chi connectivity index (χ1v) is 6.10. The van der Waals surface area contributed by atoms with Gasteiger partial charge >= 0.3 is 0 Å². The second kappa shape index (κ2) is 5.44. The Bertz CT molecular complexity index is 653. The maximum Gasteiger partial charge on any atom is 0.248 e. The van der Waals surface area contributed by atoms with Crippen LogP contribution < -0.4 is 14.8 Å². The van der Waals surface area contributed by atoms with Gasteiger partial charge in [-0.15, -0.1) is 0 Å². The molecule has 0 unspecified atom stereocenters. The van der Waals surface area contributed by atoms with Gasteiger partial charge in [-0.25, -0.2) is 0 Å². The van der Waals surface area contributed by atoms with Gasteiger partial charge < -0.3 is 14.8 Å². The maximum atomic E-state index is 11.7. The number of amides is 1. The molecule has 5 nitrogen and oxygen atoms in total. The van der Waals surface area contributed by atoms with E-state index in [2.05, 4.69) is 10.3 Å². The minimum atomic E-state index is -0.212. The number of aromatic nitrogens is 1. The number of fused-ring (bicyclic) bond motifs is 1. The topological polar surface area (TPSA) is 60.5 Å². The van der Waals surface area contributed by atoms with Gasteiger partial charge in [0.2, 0.25) is 12.7 Å². The number of nitrogens with zero attached hydrogens (tertiary/aromatic N) is 1. The van der Waals surface area contributed by atoms with E-state index in [-0.39, 0.29) is 12.7 Å². The summed E-state index contributed by atoms with van der Waals surface area (Å²) >= 11 is 0. The fourth-order valence-corrected chi connectivity index (χ4v) is 1.81. The van der Waals surface area contributed by atoms with Crippen molar-refractivity contribution in [2.24, 2.45) is 0 Å². The third-order valence-corrected chi connectivity index (χ3v) is 2.75. The first-order chi connectivity index (χ1) is 9.81. The highest BCUT2D eigenvalue weighted by Crippen LogP contribution is 2.32. The van der Waals surface area contributed by atoms with E-state index in [1.165, 1.54) is 6.08 Å². The summed E-state index contributed by atoms with van der Waals surface area (Å²) in [7, 11) is 0. The van der Waals surface area contributed by atoms with Crippen LogP contribution in [0, 0.1) is 0 Å². The summed E-state index contributed by atoms with van der Waals surface area (Å²) in [6.45, 7) is 0.240. The Kier molecular flexibility index (Phi) is 3.33. The molecular formula is C15H12N2O3. The molecule has 0 fully saturated rings. The van der Waals surface area contributed by atoms with Gasteiger partial charge in [0.1, 0.15) is 0 Å². The van der Waals surface area contributed by atoms with Crippen LogP contribution in [0.5, 0.6) is 11.5 Å². The van der Waals surface area contributed by atoms with Crippen molar-refractivity contribution in [1.82, 2.24) is 4.98 Å². The molecule has 100 valence electrons. The number of carbonyl (C=O) groups excluding carboxylic acids is 1. The van der Waals surface area contributed by atoms with Crippen molar-refractivity contribution in [3.63, 3.8) is 0 Å². The maximum absolute atomic E-state index is 11.7. The minimum Gasteiger partial charge on any atom is -0.454 e. The van der Waals surface area contributed by atoms with Crippen LogP contribution in [-0.2, 0) is 4.79 Å². The smallest absolute Gasteiger partial charge is 0.248 e. The molecule has 1 aliphatic heterocycles. The van der Waals surface area contributed by atoms with E-state index in [9.17, 15) is 4.79 Å². The number of ether oxygens (including phenoxy) is 2. The van der Waals surface area contributed by atoms with Crippen LogP contribution in [0.1, 0.15) is 5.56 Å². The van der Waals surface area contributed by atoms with Crippen LogP contribution in [-0.4, -0.2) is 17.7 Å². The van der Waals surface area contributed by atoms with Crippen LogP contribution in [0.25, 0.3) is 6.08 Å². The second-order valence-corrected chi connectivity index (χ2v) is 4.18. The molecule has 0 radical (unpaired) electrons. The van der Waals surface area contributed by atoms with E-state index < -0.39 is 0 Å². The van der Waals surface area contributed by atoms with Gasteiger partial charge in [-0.2, -0.15) is 0 Å². The van der Waals surface area contributed by atoms with Crippen LogP contribution in [0.15, 0.2) is 48.8 Å². The molecule has 20 heavy (non-hydrogen) atoms. The molecule has 0 saturated heterocycles. The second-order valence-electron chi connectivity index (χ2n) is 4.18. The lowest BCUT2D eigenvalue weighted by molar-refractivity contribution is -0.111. The van der Waals surface area contributed by atoms with Gasteiger partial charge in [-0.05, 0) is 35.9 Å². The summed E-state index contributed by atoms with van der Waals surface area (Å²) in [6, 6.07) is 9.05. The zero-order chi connectivity index (χ0) is 13.8. The lowest BCUT2D eigenvalue weighted by Gasteiger charge is -2.00. The third-order valence-electron chi connectivity index (χ3n) is 2.75. The van der Waals surface area contributed by atoms with Crippen molar-refractivity contribution >= 4 is 17.7 Å². The number of pyridine rings is 1. The Labute approximate surface area is 115 Å². The fraction of sp³-hybridized carbons (Fsp3) is 0.0667. The first kappa shape index (κ1) is 12.2. The number of hydrogen-bond donors (Lipinski definition) is 1. The molecule has 0 spiro atoms. The van der Waals surface area contributed by atoms with E-state index in [1.54, 1.807) is 30.6 Å². The summed E-state index contributed by atoms with van der Waals surface area (Å²) in [5.41, 5.74) is 1.53. The van der Waals surface area contributed by atoms with E-state index in [1.807, 2.05) is 18.2 Å². The molecule has 2 heterocycles. The highest BCUT2D eigenvalue weighted by molar-refractivity contribution is 6.01. The van der Waals surface area contributed by atoms with Crippen LogP contribution >= 0.6 is 0 Å². The Morgan fingerprint density at radius 2 is 2.15 bits per heavy atom. The highest BCUT2D eigenvalue weighted by Gasteiger charge is 2.12. The van der Waals surface area contributed by atoms with E-state index >= 15 is 0 Å². The Morgan fingerprint density at radius 3 is 3.00 bits per heavy atom. The van der Waals surface area contributed by atoms with Gasteiger partial charge in [0.15, 0.2) is 11.5 Å². The van der Waals surface area contributed by atoms with Crippen molar-refractivity contribution < 1.29 is 14.3 Å². The molecule has 0 saturated carbocycles. The predicted molar refractivity (Wildman–Crippen MR) is 74.5 cm³/mol. The van der Waals surface area contributed by atoms with Crippen molar-refractivity contribution in [1.29, 1.82) is 0 Å². The highest BCUT2D eigenvalue weighted by atomic mass is 16.7. The third kappa shape index (κ3) is 2.77. The standard InChI is InChI=1S/C15H12N2O3/c18-15(17-12-2-1-7-16-9-12)6-4-11-3-5-13-14(8-11)20-10-19-13/h1-9H,10H2,(H,17,18). The number of nitrogens with one attached hydrogen (secondary N) is 1. The normalized spacial score (nSPS) is 12.6. The van der Waals surface area contributed by atoms with Crippen LogP contribution in [0.3, 0.4) is 0 Å². The minimum absolute atomic E-state index is 0.212. The molecule has 0 bridgehead atoms. The van der Waals surface area contributed by atoms with Gasteiger partial charge in [-0.1, -0.05) is 6.07 Å². The summed E-state index contributed by atoms with van der Waals surface area (Å²) in [4.78, 5) is 15.7. The molecule has 1 N–H and O–H groups in total.